The summed E-state index contributed by atoms with van der Waals surface area (Å²) in [7, 11) is 0. The number of aryl methyl sites for hydroxylation is 2. The van der Waals surface area contributed by atoms with Gasteiger partial charge in [-0.25, -0.2) is 4.79 Å². The van der Waals surface area contributed by atoms with E-state index < -0.39 is 11.7 Å². The predicted molar refractivity (Wildman–Crippen MR) is 146 cm³/mol. The van der Waals surface area contributed by atoms with Crippen molar-refractivity contribution in [2.45, 2.75) is 60.6 Å². The van der Waals surface area contributed by atoms with Gasteiger partial charge in [-0.1, -0.05) is 62.4 Å². The normalized spacial score (nSPS) is 10.9. The first-order valence-corrected chi connectivity index (χ1v) is 11.8. The van der Waals surface area contributed by atoms with Gasteiger partial charge in [0.15, 0.2) is 0 Å². The molecule has 35 heavy (non-hydrogen) atoms. The monoisotopic (exact) mass is 477 g/mol. The fraction of sp³-hybridized carbons (Fsp3) is 0.310. The minimum atomic E-state index is -0.607. The minimum Gasteiger partial charge on any atom is -0.444 e. The van der Waals surface area contributed by atoms with Gasteiger partial charge in [0.25, 0.3) is 5.91 Å². The summed E-state index contributed by atoms with van der Waals surface area (Å²) in [6.07, 6.45) is 7.28. The van der Waals surface area contributed by atoms with E-state index in [1.807, 2.05) is 45.9 Å². The molecule has 0 aliphatic carbocycles. The highest BCUT2D eigenvalue weighted by Gasteiger charge is 2.17. The summed E-state index contributed by atoms with van der Waals surface area (Å²) in [6, 6.07) is 13.8. The second-order valence-electron chi connectivity index (χ2n) is 8.66. The van der Waals surface area contributed by atoms with Crippen LogP contribution in [-0.4, -0.2) is 22.5 Å². The van der Waals surface area contributed by atoms with Crippen LogP contribution in [0, 0.1) is 13.8 Å². The molecule has 2 rings (SSSR count). The highest BCUT2D eigenvalue weighted by atomic mass is 16.6. The molecule has 0 unspecified atom stereocenters. The Bertz CT molecular complexity index is 1030. The molecular formula is C29H39N3O3. The zero-order valence-corrected chi connectivity index (χ0v) is 22.0. The molecule has 2 N–H and O–H groups in total. The Morgan fingerprint density at radius 3 is 2.26 bits per heavy atom. The number of ether oxygens (including phenoxy) is 1. The standard InChI is InChI=1S/C27H33N3O3.C2H6/c1-7-30(17-16-28-19-22-11-8-20(2)9-12-22)25(31)15-14-23-13-10-21(3)18-24(23)29-26(32)33-27(4,5)6;1-2/h7-18,28H,1,19H2,2-6H3,(H,29,32);1-2H3/b15-14+,17-16+;. The molecule has 0 aromatic heterocycles. The molecule has 0 saturated heterocycles. The molecule has 188 valence electrons. The average molecular weight is 478 g/mol. The number of benzene rings is 2. The number of hydrogen-bond donors (Lipinski definition) is 2. The van der Waals surface area contributed by atoms with Crippen molar-refractivity contribution < 1.29 is 14.3 Å². The van der Waals surface area contributed by atoms with Crippen LogP contribution in [0.1, 0.15) is 56.9 Å². The van der Waals surface area contributed by atoms with Gasteiger partial charge < -0.3 is 10.1 Å². The van der Waals surface area contributed by atoms with Crippen LogP contribution in [-0.2, 0) is 16.1 Å². The maximum atomic E-state index is 12.6. The molecule has 0 aliphatic heterocycles. The number of nitrogens with zero attached hydrogens (tertiary/aromatic N) is 1. The fourth-order valence-corrected chi connectivity index (χ4v) is 2.82. The van der Waals surface area contributed by atoms with E-state index in [1.165, 1.54) is 22.7 Å². The molecule has 0 aliphatic rings. The molecule has 6 nitrogen and oxygen atoms in total. The largest absolute Gasteiger partial charge is 0.444 e. The zero-order chi connectivity index (χ0) is 26.4. The maximum Gasteiger partial charge on any atom is 0.412 e. The number of hydrogen-bond acceptors (Lipinski definition) is 4. The van der Waals surface area contributed by atoms with Gasteiger partial charge in [-0.2, -0.15) is 0 Å². The number of nitrogens with one attached hydrogen (secondary N) is 2. The molecule has 0 spiro atoms. The van der Waals surface area contributed by atoms with E-state index in [0.717, 1.165) is 11.1 Å². The minimum absolute atomic E-state index is 0.276. The average Bonchev–Trinajstić information content (AvgIpc) is 2.79. The maximum absolute atomic E-state index is 12.6. The third-order valence-corrected chi connectivity index (χ3v) is 4.48. The third kappa shape index (κ3) is 11.3. The number of amides is 2. The second-order valence-corrected chi connectivity index (χ2v) is 8.66. The summed E-state index contributed by atoms with van der Waals surface area (Å²) in [5.41, 5.74) is 3.97. The molecule has 0 heterocycles. The van der Waals surface area contributed by atoms with Crippen LogP contribution in [0.4, 0.5) is 10.5 Å². The van der Waals surface area contributed by atoms with Crippen LogP contribution in [0.15, 0.2) is 73.7 Å². The van der Waals surface area contributed by atoms with E-state index in [9.17, 15) is 9.59 Å². The van der Waals surface area contributed by atoms with Crippen molar-refractivity contribution in [1.82, 2.24) is 10.2 Å². The van der Waals surface area contributed by atoms with Crippen molar-refractivity contribution in [1.29, 1.82) is 0 Å². The molecule has 2 amide bonds. The number of carbonyl (C=O) groups is 2. The molecule has 2 aromatic rings. The lowest BCUT2D eigenvalue weighted by atomic mass is 10.1. The second kappa shape index (κ2) is 14.5. The molecule has 2 aromatic carbocycles. The van der Waals surface area contributed by atoms with Gasteiger partial charge in [-0.05, 0) is 63.5 Å². The Balaban J connectivity index is 0.00000298. The Morgan fingerprint density at radius 1 is 1.03 bits per heavy atom. The smallest absolute Gasteiger partial charge is 0.412 e. The summed E-state index contributed by atoms with van der Waals surface area (Å²) >= 11 is 0. The van der Waals surface area contributed by atoms with Crippen LogP contribution in [0.5, 0.6) is 0 Å². The first kappa shape index (κ1) is 29.2. The van der Waals surface area contributed by atoms with E-state index in [0.29, 0.717) is 17.8 Å². The Kier molecular flexibility index (Phi) is 12.1. The molecule has 0 saturated carbocycles. The van der Waals surface area contributed by atoms with Crippen molar-refractivity contribution in [3.63, 3.8) is 0 Å². The number of anilines is 1. The molecule has 0 bridgehead atoms. The fourth-order valence-electron chi connectivity index (χ4n) is 2.82. The van der Waals surface area contributed by atoms with E-state index in [4.69, 9.17) is 4.74 Å². The predicted octanol–water partition coefficient (Wildman–Crippen LogP) is 6.92. The zero-order valence-electron chi connectivity index (χ0n) is 22.0. The lowest BCUT2D eigenvalue weighted by molar-refractivity contribution is -0.121. The van der Waals surface area contributed by atoms with Gasteiger partial charge in [-0.15, -0.1) is 0 Å². The SMILES string of the molecule is C=CN(/C=C/NCc1ccc(C)cc1)C(=O)/C=C/c1ccc(C)cc1NC(=O)OC(C)(C)C.CC. The summed E-state index contributed by atoms with van der Waals surface area (Å²) in [5, 5.41) is 5.92. The lowest BCUT2D eigenvalue weighted by Crippen LogP contribution is -2.27. The van der Waals surface area contributed by atoms with Crippen LogP contribution in [0.2, 0.25) is 0 Å². The van der Waals surface area contributed by atoms with E-state index in [-0.39, 0.29) is 5.91 Å². The number of rotatable bonds is 8. The summed E-state index contributed by atoms with van der Waals surface area (Å²) < 4.78 is 5.33. The summed E-state index contributed by atoms with van der Waals surface area (Å²) in [4.78, 5) is 26.2. The van der Waals surface area contributed by atoms with Gasteiger partial charge in [0.05, 0.1) is 5.69 Å². The topological polar surface area (TPSA) is 70.7 Å². The summed E-state index contributed by atoms with van der Waals surface area (Å²) in [6.45, 7) is 17.7. The molecular weight excluding hydrogens is 438 g/mol. The molecule has 0 fully saturated rings. The van der Waals surface area contributed by atoms with Crippen molar-refractivity contribution in [2.75, 3.05) is 5.32 Å². The van der Waals surface area contributed by atoms with E-state index in [1.54, 1.807) is 39.2 Å². The Morgan fingerprint density at radius 2 is 1.66 bits per heavy atom. The first-order valence-electron chi connectivity index (χ1n) is 11.8. The van der Waals surface area contributed by atoms with Crippen molar-refractivity contribution in [3.05, 3.63) is 96.0 Å². The molecule has 6 heteroatoms. The summed E-state index contributed by atoms with van der Waals surface area (Å²) in [5.74, 6) is -0.276. The van der Waals surface area contributed by atoms with E-state index >= 15 is 0 Å². The quantitative estimate of drug-likeness (QED) is 0.405. The highest BCUT2D eigenvalue weighted by molar-refractivity contribution is 5.95. The highest BCUT2D eigenvalue weighted by Crippen LogP contribution is 2.21. The van der Waals surface area contributed by atoms with Gasteiger partial charge in [0.1, 0.15) is 5.60 Å². The Labute approximate surface area is 210 Å². The lowest BCUT2D eigenvalue weighted by Gasteiger charge is -2.20. The van der Waals surface area contributed by atoms with Gasteiger partial charge >= 0.3 is 6.09 Å². The first-order chi connectivity index (χ1) is 16.6. The van der Waals surface area contributed by atoms with Crippen LogP contribution < -0.4 is 10.6 Å². The van der Waals surface area contributed by atoms with Gasteiger partial charge in [0, 0.05) is 31.2 Å². The van der Waals surface area contributed by atoms with Gasteiger partial charge in [0.2, 0.25) is 0 Å². The van der Waals surface area contributed by atoms with Crippen molar-refractivity contribution >= 4 is 23.8 Å². The van der Waals surface area contributed by atoms with Crippen LogP contribution in [0.3, 0.4) is 0 Å². The third-order valence-electron chi connectivity index (χ3n) is 4.48. The molecule has 0 radical (unpaired) electrons. The van der Waals surface area contributed by atoms with Crippen LogP contribution >= 0.6 is 0 Å². The molecule has 0 atom stereocenters. The number of carbonyl (C=O) groups excluding carboxylic acids is 2. The van der Waals surface area contributed by atoms with Crippen molar-refractivity contribution in [2.24, 2.45) is 0 Å². The van der Waals surface area contributed by atoms with Crippen LogP contribution in [0.25, 0.3) is 6.08 Å². The van der Waals surface area contributed by atoms with Gasteiger partial charge in [-0.3, -0.25) is 15.0 Å². The Hall–Kier alpha value is -3.80. The van der Waals surface area contributed by atoms with E-state index in [2.05, 4.69) is 41.5 Å². The van der Waals surface area contributed by atoms with Crippen molar-refractivity contribution in [3.8, 4) is 0 Å².